The van der Waals surface area contributed by atoms with Crippen molar-refractivity contribution >= 4 is 17.5 Å². The van der Waals surface area contributed by atoms with Crippen molar-refractivity contribution in [1.29, 1.82) is 0 Å². The molecule has 0 amide bonds. The first-order valence-corrected chi connectivity index (χ1v) is 7.05. The van der Waals surface area contributed by atoms with Gasteiger partial charge in [-0.15, -0.1) is 0 Å². The maximum absolute atomic E-state index is 12.7. The van der Waals surface area contributed by atoms with Crippen molar-refractivity contribution in [2.45, 2.75) is 6.92 Å². The number of hydrogen-bond acceptors (Lipinski definition) is 4. The van der Waals surface area contributed by atoms with E-state index in [9.17, 15) is 14.4 Å². The van der Waals surface area contributed by atoms with Gasteiger partial charge in [-0.3, -0.25) is 9.59 Å². The monoisotopic (exact) mass is 308 g/mol. The van der Waals surface area contributed by atoms with Gasteiger partial charge in [0.1, 0.15) is 0 Å². The van der Waals surface area contributed by atoms with E-state index in [0.29, 0.717) is 11.1 Å². The van der Waals surface area contributed by atoms with Crippen molar-refractivity contribution < 1.29 is 19.1 Å². The fourth-order valence-electron chi connectivity index (χ4n) is 2.17. The fourth-order valence-corrected chi connectivity index (χ4v) is 2.17. The number of ketones is 2. The van der Waals surface area contributed by atoms with Gasteiger partial charge in [0.25, 0.3) is 0 Å². The maximum Gasteiger partial charge on any atom is 0.334 e. The zero-order valence-electron chi connectivity index (χ0n) is 12.9. The number of esters is 1. The quantitative estimate of drug-likeness (QED) is 0.280. The van der Waals surface area contributed by atoms with Crippen LogP contribution in [0.1, 0.15) is 27.6 Å². The Morgan fingerprint density at radius 3 is 1.48 bits per heavy atom. The van der Waals surface area contributed by atoms with Gasteiger partial charge >= 0.3 is 5.97 Å². The summed E-state index contributed by atoms with van der Waals surface area (Å²) in [6, 6.07) is 16.7. The van der Waals surface area contributed by atoms with E-state index in [1.54, 1.807) is 60.7 Å². The van der Waals surface area contributed by atoms with E-state index < -0.39 is 17.5 Å². The van der Waals surface area contributed by atoms with Gasteiger partial charge in [-0.25, -0.2) is 4.79 Å². The van der Waals surface area contributed by atoms with Crippen LogP contribution in [0.5, 0.6) is 0 Å². The third-order valence-electron chi connectivity index (χ3n) is 3.39. The molecule has 0 saturated heterocycles. The molecule has 0 unspecified atom stereocenters. The van der Waals surface area contributed by atoms with Crippen molar-refractivity contribution in [3.63, 3.8) is 0 Å². The Kier molecular flexibility index (Phi) is 5.20. The lowest BCUT2D eigenvalue weighted by molar-refractivity contribution is -0.136. The first kappa shape index (κ1) is 16.4. The molecule has 4 nitrogen and oxygen atoms in total. The van der Waals surface area contributed by atoms with E-state index >= 15 is 0 Å². The normalized spacial score (nSPS) is 9.83. The SMILES string of the molecule is COC(=O)C(C)=C(C(=O)c1ccccc1)C(=O)c1ccccc1. The van der Waals surface area contributed by atoms with Gasteiger partial charge in [0, 0.05) is 16.7 Å². The average Bonchev–Trinajstić information content (AvgIpc) is 2.62. The summed E-state index contributed by atoms with van der Waals surface area (Å²) in [6.07, 6.45) is 0. The van der Waals surface area contributed by atoms with Crippen LogP contribution in [0.4, 0.5) is 0 Å². The Morgan fingerprint density at radius 1 is 0.739 bits per heavy atom. The van der Waals surface area contributed by atoms with Gasteiger partial charge in [0.2, 0.25) is 0 Å². The lowest BCUT2D eigenvalue weighted by atomic mass is 9.92. The summed E-state index contributed by atoms with van der Waals surface area (Å²) in [5.41, 5.74) is 0.509. The summed E-state index contributed by atoms with van der Waals surface area (Å²) >= 11 is 0. The standard InChI is InChI=1S/C19H16O4/c1-13(19(22)23-2)16(17(20)14-9-5-3-6-10-14)18(21)15-11-7-4-8-12-15/h3-12H,1-2H3. The lowest BCUT2D eigenvalue weighted by Gasteiger charge is -2.10. The van der Waals surface area contributed by atoms with Crippen LogP contribution in [-0.4, -0.2) is 24.6 Å². The summed E-state index contributed by atoms with van der Waals surface area (Å²) in [5, 5.41) is 0. The molecule has 0 aliphatic carbocycles. The van der Waals surface area contributed by atoms with Gasteiger partial charge < -0.3 is 4.74 Å². The topological polar surface area (TPSA) is 60.4 Å². The van der Waals surface area contributed by atoms with Crippen LogP contribution in [0.3, 0.4) is 0 Å². The van der Waals surface area contributed by atoms with Crippen molar-refractivity contribution in [2.75, 3.05) is 7.11 Å². The van der Waals surface area contributed by atoms with Crippen molar-refractivity contribution in [2.24, 2.45) is 0 Å². The van der Waals surface area contributed by atoms with Crippen LogP contribution in [0, 0.1) is 0 Å². The molecule has 0 saturated carbocycles. The van der Waals surface area contributed by atoms with Crippen molar-refractivity contribution in [3.05, 3.63) is 82.9 Å². The summed E-state index contributed by atoms with van der Waals surface area (Å²) < 4.78 is 4.66. The average molecular weight is 308 g/mol. The molecule has 2 aromatic rings. The molecule has 0 bridgehead atoms. The molecule has 0 aliphatic rings. The van der Waals surface area contributed by atoms with Crippen LogP contribution in [0.15, 0.2) is 71.8 Å². The number of Topliss-reactive ketones (excluding diaryl/α,β-unsaturated/α-hetero) is 2. The number of benzene rings is 2. The number of allylic oxidation sites excluding steroid dienone is 1. The molecular weight excluding hydrogens is 292 g/mol. The molecule has 116 valence electrons. The fraction of sp³-hybridized carbons (Fsp3) is 0.105. The molecule has 2 rings (SSSR count). The molecule has 0 N–H and O–H groups in total. The van der Waals surface area contributed by atoms with Gasteiger partial charge in [-0.1, -0.05) is 60.7 Å². The second kappa shape index (κ2) is 7.31. The Morgan fingerprint density at radius 2 is 1.13 bits per heavy atom. The number of carbonyl (C=O) groups is 3. The van der Waals surface area contributed by atoms with Crippen molar-refractivity contribution in [3.8, 4) is 0 Å². The third kappa shape index (κ3) is 3.61. The molecule has 0 aromatic heterocycles. The highest BCUT2D eigenvalue weighted by Crippen LogP contribution is 2.19. The van der Waals surface area contributed by atoms with Gasteiger partial charge in [0.05, 0.1) is 12.7 Å². The smallest absolute Gasteiger partial charge is 0.334 e. The van der Waals surface area contributed by atoms with Crippen LogP contribution < -0.4 is 0 Å². The van der Waals surface area contributed by atoms with E-state index in [-0.39, 0.29) is 11.1 Å². The molecule has 0 heterocycles. The zero-order chi connectivity index (χ0) is 16.8. The Balaban J connectivity index is 2.56. The largest absolute Gasteiger partial charge is 0.466 e. The first-order valence-electron chi connectivity index (χ1n) is 7.05. The van der Waals surface area contributed by atoms with E-state index in [2.05, 4.69) is 4.74 Å². The van der Waals surface area contributed by atoms with Crippen LogP contribution >= 0.6 is 0 Å². The van der Waals surface area contributed by atoms with Gasteiger partial charge in [-0.2, -0.15) is 0 Å². The highest BCUT2D eigenvalue weighted by molar-refractivity contribution is 6.33. The van der Waals surface area contributed by atoms with Crippen LogP contribution in [-0.2, 0) is 9.53 Å². The summed E-state index contributed by atoms with van der Waals surface area (Å²) in [5.74, 6) is -1.70. The minimum absolute atomic E-state index is 0.00444. The molecule has 0 fully saturated rings. The Bertz CT molecular complexity index is 705. The predicted octanol–water partition coefficient (Wildman–Crippen LogP) is 3.24. The molecule has 23 heavy (non-hydrogen) atoms. The van der Waals surface area contributed by atoms with Gasteiger partial charge in [-0.05, 0) is 6.92 Å². The maximum atomic E-state index is 12.7. The molecule has 2 aromatic carbocycles. The minimum Gasteiger partial charge on any atom is -0.466 e. The van der Waals surface area contributed by atoms with E-state index in [1.807, 2.05) is 0 Å². The van der Waals surface area contributed by atoms with Gasteiger partial charge in [0.15, 0.2) is 11.6 Å². The minimum atomic E-state index is -0.700. The third-order valence-corrected chi connectivity index (χ3v) is 3.39. The molecule has 0 spiro atoms. The number of carbonyl (C=O) groups excluding carboxylic acids is 3. The lowest BCUT2D eigenvalue weighted by Crippen LogP contribution is -2.19. The second-order valence-corrected chi connectivity index (χ2v) is 4.88. The van der Waals surface area contributed by atoms with Crippen molar-refractivity contribution in [1.82, 2.24) is 0 Å². The van der Waals surface area contributed by atoms with E-state index in [1.165, 1.54) is 14.0 Å². The molecule has 0 radical (unpaired) electrons. The Hall–Kier alpha value is -3.01. The summed E-state index contributed by atoms with van der Waals surface area (Å²) in [7, 11) is 1.21. The molecular formula is C19H16O4. The highest BCUT2D eigenvalue weighted by Gasteiger charge is 2.26. The number of methoxy groups -OCH3 is 1. The summed E-state index contributed by atoms with van der Waals surface area (Å²) in [4.78, 5) is 37.3. The van der Waals surface area contributed by atoms with E-state index in [0.717, 1.165) is 0 Å². The molecule has 0 atom stereocenters. The number of hydrogen-bond donors (Lipinski definition) is 0. The molecule has 0 aliphatic heterocycles. The summed E-state index contributed by atoms with van der Waals surface area (Å²) in [6.45, 7) is 1.42. The van der Waals surface area contributed by atoms with Crippen LogP contribution in [0.2, 0.25) is 0 Å². The number of rotatable bonds is 5. The van der Waals surface area contributed by atoms with Crippen LogP contribution in [0.25, 0.3) is 0 Å². The number of ether oxygens (including phenoxy) is 1. The predicted molar refractivity (Wildman–Crippen MR) is 86.3 cm³/mol. The zero-order valence-corrected chi connectivity index (χ0v) is 12.9. The second-order valence-electron chi connectivity index (χ2n) is 4.88. The molecule has 4 heteroatoms. The van der Waals surface area contributed by atoms with E-state index in [4.69, 9.17) is 0 Å². The first-order chi connectivity index (χ1) is 11.1. The highest BCUT2D eigenvalue weighted by atomic mass is 16.5. The Labute approximate surface area is 134 Å².